The summed E-state index contributed by atoms with van der Waals surface area (Å²) in [6, 6.07) is 5.85. The van der Waals surface area contributed by atoms with Crippen LogP contribution in [0.3, 0.4) is 0 Å². The highest BCUT2D eigenvalue weighted by atomic mass is 19.3. The molecule has 2 aromatic rings. The first kappa shape index (κ1) is 13.6. The molecule has 0 saturated carbocycles. The van der Waals surface area contributed by atoms with Crippen LogP contribution >= 0.6 is 0 Å². The highest BCUT2D eigenvalue weighted by molar-refractivity contribution is 5.73. The number of aldehydes is 1. The van der Waals surface area contributed by atoms with Crippen LogP contribution in [0.15, 0.2) is 34.7 Å². The van der Waals surface area contributed by atoms with Crippen molar-refractivity contribution in [2.75, 3.05) is 0 Å². The first-order valence-corrected chi connectivity index (χ1v) is 5.65. The van der Waals surface area contributed by atoms with Crippen molar-refractivity contribution in [3.05, 3.63) is 41.7 Å². The van der Waals surface area contributed by atoms with Gasteiger partial charge in [-0.1, -0.05) is 0 Å². The van der Waals surface area contributed by atoms with Crippen molar-refractivity contribution in [2.45, 2.75) is 12.4 Å². The van der Waals surface area contributed by atoms with Crippen molar-refractivity contribution in [1.29, 1.82) is 0 Å². The van der Waals surface area contributed by atoms with Crippen LogP contribution in [-0.2, 0) is 10.8 Å². The van der Waals surface area contributed by atoms with Gasteiger partial charge >= 0.3 is 12.4 Å². The molecule has 0 amide bonds. The van der Waals surface area contributed by atoms with Gasteiger partial charge in [0, 0.05) is 5.56 Å². The van der Waals surface area contributed by atoms with Gasteiger partial charge in [-0.05, 0) is 30.3 Å². The van der Waals surface area contributed by atoms with Gasteiger partial charge in [0.1, 0.15) is 11.5 Å². The van der Waals surface area contributed by atoms with E-state index in [9.17, 15) is 22.4 Å². The largest absolute Gasteiger partial charge is 0.540 e. The lowest BCUT2D eigenvalue weighted by atomic mass is 10.1. The van der Waals surface area contributed by atoms with Crippen molar-refractivity contribution >= 4 is 6.29 Å². The average Bonchev–Trinajstić information content (AvgIpc) is 2.85. The fourth-order valence-electron chi connectivity index (χ4n) is 1.92. The molecule has 0 N–H and O–H groups in total. The predicted octanol–water partition coefficient (Wildman–Crippen LogP) is 3.77. The lowest BCUT2D eigenvalue weighted by molar-refractivity contribution is -0.461. The normalized spacial score (nSPS) is 18.7. The fourth-order valence-corrected chi connectivity index (χ4v) is 1.92. The van der Waals surface area contributed by atoms with Crippen LogP contribution in [-0.4, -0.2) is 12.6 Å². The van der Waals surface area contributed by atoms with Crippen LogP contribution in [0.25, 0.3) is 11.3 Å². The standard InChI is InChI=1S/C13H6F4O4/c14-12(15)9-5-7(10-4-2-8(6-18)19-10)1-3-11(9)20-13(16,17)21-12/h1-6H. The van der Waals surface area contributed by atoms with Crippen molar-refractivity contribution in [3.63, 3.8) is 0 Å². The lowest BCUT2D eigenvalue weighted by Gasteiger charge is -2.30. The molecule has 0 aliphatic carbocycles. The van der Waals surface area contributed by atoms with Gasteiger partial charge in [0.15, 0.2) is 12.0 Å². The molecule has 1 aromatic heterocycles. The number of ether oxygens (including phenoxy) is 2. The van der Waals surface area contributed by atoms with Gasteiger partial charge in [0.05, 0.1) is 5.56 Å². The molecule has 0 spiro atoms. The summed E-state index contributed by atoms with van der Waals surface area (Å²) in [5.41, 5.74) is -0.686. The number of rotatable bonds is 2. The second-order valence-electron chi connectivity index (χ2n) is 4.22. The Hall–Kier alpha value is -2.35. The highest BCUT2D eigenvalue weighted by Gasteiger charge is 2.54. The van der Waals surface area contributed by atoms with E-state index >= 15 is 0 Å². The molecule has 3 rings (SSSR count). The van der Waals surface area contributed by atoms with Crippen LogP contribution in [0, 0.1) is 0 Å². The third-order valence-corrected chi connectivity index (χ3v) is 2.80. The maximum atomic E-state index is 13.6. The quantitative estimate of drug-likeness (QED) is 0.626. The molecule has 2 heterocycles. The summed E-state index contributed by atoms with van der Waals surface area (Å²) in [4.78, 5) is 10.5. The summed E-state index contributed by atoms with van der Waals surface area (Å²) in [6.07, 6.45) is -8.18. The average molecular weight is 302 g/mol. The number of carbonyl (C=O) groups is 1. The first-order chi connectivity index (χ1) is 9.81. The SMILES string of the molecule is O=Cc1ccc(-c2ccc3c(c2)C(F)(F)OC(F)(F)O3)o1. The van der Waals surface area contributed by atoms with E-state index in [0.717, 1.165) is 12.1 Å². The number of halogens is 4. The molecule has 0 atom stereocenters. The Labute approximate surface area is 114 Å². The Bertz CT molecular complexity index is 708. The minimum absolute atomic E-state index is 0.00788. The molecular weight excluding hydrogens is 296 g/mol. The van der Waals surface area contributed by atoms with Crippen LogP contribution in [0.4, 0.5) is 17.6 Å². The van der Waals surface area contributed by atoms with Crippen LogP contribution in [0.1, 0.15) is 16.1 Å². The number of fused-ring (bicyclic) bond motifs is 1. The zero-order chi connectivity index (χ0) is 15.3. The van der Waals surface area contributed by atoms with E-state index in [0.29, 0.717) is 6.29 Å². The predicted molar refractivity (Wildman–Crippen MR) is 60.1 cm³/mol. The first-order valence-electron chi connectivity index (χ1n) is 5.65. The van der Waals surface area contributed by atoms with E-state index in [4.69, 9.17) is 4.42 Å². The molecule has 8 heteroatoms. The summed E-state index contributed by atoms with van der Waals surface area (Å²) in [6.45, 7) is 0. The van der Waals surface area contributed by atoms with E-state index < -0.39 is 23.7 Å². The van der Waals surface area contributed by atoms with Crippen LogP contribution < -0.4 is 4.74 Å². The molecule has 4 nitrogen and oxygen atoms in total. The van der Waals surface area contributed by atoms with Gasteiger partial charge < -0.3 is 9.15 Å². The monoisotopic (exact) mass is 302 g/mol. The zero-order valence-electron chi connectivity index (χ0n) is 10.1. The van der Waals surface area contributed by atoms with Crippen molar-refractivity contribution in [2.24, 2.45) is 0 Å². The molecule has 1 aliphatic rings. The smallest absolute Gasteiger partial charge is 0.453 e. The van der Waals surface area contributed by atoms with Gasteiger partial charge in [-0.2, -0.15) is 8.78 Å². The maximum Gasteiger partial charge on any atom is 0.540 e. The van der Waals surface area contributed by atoms with Crippen LogP contribution in [0.2, 0.25) is 0 Å². The highest BCUT2D eigenvalue weighted by Crippen LogP contribution is 2.47. The molecule has 0 radical (unpaired) electrons. The van der Waals surface area contributed by atoms with E-state index in [1.165, 1.54) is 18.2 Å². The lowest BCUT2D eigenvalue weighted by Crippen LogP contribution is -2.41. The van der Waals surface area contributed by atoms with Crippen molar-refractivity contribution < 1.29 is 36.2 Å². The fraction of sp³-hybridized carbons (Fsp3) is 0.154. The van der Waals surface area contributed by atoms with Crippen LogP contribution in [0.5, 0.6) is 5.75 Å². The number of furan rings is 1. The van der Waals surface area contributed by atoms with E-state index in [-0.39, 0.29) is 17.1 Å². The third-order valence-electron chi connectivity index (χ3n) is 2.80. The molecule has 21 heavy (non-hydrogen) atoms. The molecule has 0 bridgehead atoms. The van der Waals surface area contributed by atoms with Gasteiger partial charge in [-0.25, -0.2) is 4.74 Å². The summed E-state index contributed by atoms with van der Waals surface area (Å²) in [5.74, 6) is -0.552. The van der Waals surface area contributed by atoms with Gasteiger partial charge in [0.2, 0.25) is 0 Å². The zero-order valence-corrected chi connectivity index (χ0v) is 10.1. The van der Waals surface area contributed by atoms with Crippen molar-refractivity contribution in [3.8, 4) is 17.1 Å². The number of hydrogen-bond acceptors (Lipinski definition) is 4. The van der Waals surface area contributed by atoms with E-state index in [1.807, 2.05) is 0 Å². The maximum absolute atomic E-state index is 13.6. The Morgan fingerprint density at radius 3 is 2.48 bits per heavy atom. The molecule has 110 valence electrons. The van der Waals surface area contributed by atoms with Gasteiger partial charge in [0.25, 0.3) is 0 Å². The summed E-state index contributed by atoms with van der Waals surface area (Å²) in [7, 11) is 0. The molecule has 0 fully saturated rings. The van der Waals surface area contributed by atoms with E-state index in [1.54, 1.807) is 0 Å². The topological polar surface area (TPSA) is 48.7 Å². The summed E-state index contributed by atoms with van der Waals surface area (Å²) in [5, 5.41) is 0. The Balaban J connectivity index is 2.07. The molecule has 1 aromatic carbocycles. The van der Waals surface area contributed by atoms with E-state index in [2.05, 4.69) is 9.47 Å². The number of carbonyl (C=O) groups excluding carboxylic acids is 1. The van der Waals surface area contributed by atoms with Gasteiger partial charge in [-0.15, -0.1) is 8.78 Å². The second-order valence-corrected chi connectivity index (χ2v) is 4.22. The summed E-state index contributed by atoms with van der Waals surface area (Å²) < 4.78 is 65.4. The molecule has 1 aliphatic heterocycles. The number of hydrogen-bond donors (Lipinski definition) is 0. The molecular formula is C13H6F4O4. The Morgan fingerprint density at radius 2 is 1.81 bits per heavy atom. The number of benzene rings is 1. The van der Waals surface area contributed by atoms with Crippen molar-refractivity contribution in [1.82, 2.24) is 0 Å². The number of alkyl halides is 4. The summed E-state index contributed by atoms with van der Waals surface area (Å²) >= 11 is 0. The molecule has 0 saturated heterocycles. The Morgan fingerprint density at radius 1 is 1.05 bits per heavy atom. The second kappa shape index (κ2) is 4.32. The third kappa shape index (κ3) is 2.38. The Kier molecular flexibility index (Phi) is 2.80. The minimum atomic E-state index is -4.41. The van der Waals surface area contributed by atoms with Gasteiger partial charge in [-0.3, -0.25) is 4.79 Å². The minimum Gasteiger partial charge on any atom is -0.453 e. The molecule has 0 unspecified atom stereocenters.